The molecule has 3 rings (SSSR count). The summed E-state index contributed by atoms with van der Waals surface area (Å²) in [6.45, 7) is 4.44. The van der Waals surface area contributed by atoms with E-state index in [4.69, 9.17) is 0 Å². The van der Waals surface area contributed by atoms with Crippen molar-refractivity contribution in [3.05, 3.63) is 24.3 Å². The lowest BCUT2D eigenvalue weighted by molar-refractivity contribution is -0.117. The SMILES string of the molecule is C[C@H]1C[C@H]1C(=O)Nc1ccc(N2CCCCC2)cc1. The van der Waals surface area contributed by atoms with E-state index in [1.807, 2.05) is 12.1 Å². The topological polar surface area (TPSA) is 32.3 Å². The quantitative estimate of drug-likeness (QED) is 0.902. The number of nitrogens with zero attached hydrogens (tertiary/aromatic N) is 1. The monoisotopic (exact) mass is 258 g/mol. The van der Waals surface area contributed by atoms with Gasteiger partial charge in [0.15, 0.2) is 0 Å². The van der Waals surface area contributed by atoms with Crippen LogP contribution in [0.4, 0.5) is 11.4 Å². The zero-order valence-corrected chi connectivity index (χ0v) is 11.6. The predicted molar refractivity (Wildman–Crippen MR) is 78.4 cm³/mol. The molecule has 1 aliphatic heterocycles. The number of hydrogen-bond donors (Lipinski definition) is 1. The lowest BCUT2D eigenvalue weighted by atomic mass is 10.1. The van der Waals surface area contributed by atoms with Gasteiger partial charge in [0, 0.05) is 30.4 Å². The van der Waals surface area contributed by atoms with Crippen LogP contribution in [-0.4, -0.2) is 19.0 Å². The third-order valence-electron chi connectivity index (χ3n) is 4.30. The number of rotatable bonds is 3. The first kappa shape index (κ1) is 12.5. The molecule has 1 aliphatic carbocycles. The Kier molecular flexibility index (Phi) is 3.45. The van der Waals surface area contributed by atoms with Crippen molar-refractivity contribution in [2.45, 2.75) is 32.6 Å². The van der Waals surface area contributed by atoms with Gasteiger partial charge in [0.05, 0.1) is 0 Å². The minimum Gasteiger partial charge on any atom is -0.372 e. The summed E-state index contributed by atoms with van der Waals surface area (Å²) in [6, 6.07) is 8.29. The van der Waals surface area contributed by atoms with Crippen LogP contribution >= 0.6 is 0 Å². The molecule has 1 N–H and O–H groups in total. The van der Waals surface area contributed by atoms with Crippen LogP contribution in [0.2, 0.25) is 0 Å². The molecular weight excluding hydrogens is 236 g/mol. The molecule has 0 bridgehead atoms. The van der Waals surface area contributed by atoms with Crippen LogP contribution in [0.5, 0.6) is 0 Å². The minimum atomic E-state index is 0.179. The fraction of sp³-hybridized carbons (Fsp3) is 0.562. The second-order valence-electron chi connectivity index (χ2n) is 5.90. The van der Waals surface area contributed by atoms with Gasteiger partial charge in [-0.1, -0.05) is 6.92 Å². The zero-order valence-electron chi connectivity index (χ0n) is 11.6. The Labute approximate surface area is 115 Å². The summed E-state index contributed by atoms with van der Waals surface area (Å²) >= 11 is 0. The fourth-order valence-electron chi connectivity index (χ4n) is 2.83. The molecule has 1 aromatic carbocycles. The maximum atomic E-state index is 11.9. The summed E-state index contributed by atoms with van der Waals surface area (Å²) in [5.41, 5.74) is 2.20. The molecule has 19 heavy (non-hydrogen) atoms. The maximum Gasteiger partial charge on any atom is 0.227 e. The minimum absolute atomic E-state index is 0.179. The highest BCUT2D eigenvalue weighted by atomic mass is 16.2. The average Bonchev–Trinajstić information content (AvgIpc) is 3.18. The van der Waals surface area contributed by atoms with Crippen molar-refractivity contribution in [1.29, 1.82) is 0 Å². The molecule has 102 valence electrons. The first-order valence-electron chi connectivity index (χ1n) is 7.40. The number of hydrogen-bond acceptors (Lipinski definition) is 2. The van der Waals surface area contributed by atoms with Crippen molar-refractivity contribution in [2.75, 3.05) is 23.3 Å². The zero-order chi connectivity index (χ0) is 13.2. The van der Waals surface area contributed by atoms with Gasteiger partial charge in [-0.2, -0.15) is 0 Å². The van der Waals surface area contributed by atoms with Crippen molar-refractivity contribution >= 4 is 17.3 Å². The van der Waals surface area contributed by atoms with Crippen LogP contribution in [0.1, 0.15) is 32.6 Å². The lowest BCUT2D eigenvalue weighted by Gasteiger charge is -2.28. The largest absolute Gasteiger partial charge is 0.372 e. The summed E-state index contributed by atoms with van der Waals surface area (Å²) in [4.78, 5) is 14.3. The smallest absolute Gasteiger partial charge is 0.227 e. The van der Waals surface area contributed by atoms with Gasteiger partial charge < -0.3 is 10.2 Å². The number of amides is 1. The first-order chi connectivity index (χ1) is 9.24. The van der Waals surface area contributed by atoms with E-state index in [-0.39, 0.29) is 11.8 Å². The van der Waals surface area contributed by atoms with Crippen LogP contribution < -0.4 is 10.2 Å². The molecule has 2 fully saturated rings. The van der Waals surface area contributed by atoms with E-state index in [9.17, 15) is 4.79 Å². The Bertz CT molecular complexity index is 448. The Balaban J connectivity index is 1.60. The predicted octanol–water partition coefficient (Wildman–Crippen LogP) is 3.27. The van der Waals surface area contributed by atoms with Crippen molar-refractivity contribution < 1.29 is 4.79 Å². The molecule has 3 nitrogen and oxygen atoms in total. The molecule has 0 radical (unpaired) electrons. The van der Waals surface area contributed by atoms with Gasteiger partial charge in [0.25, 0.3) is 0 Å². The Morgan fingerprint density at radius 1 is 1.16 bits per heavy atom. The van der Waals surface area contributed by atoms with Crippen LogP contribution in [-0.2, 0) is 4.79 Å². The number of piperidine rings is 1. The molecule has 3 heteroatoms. The van der Waals surface area contributed by atoms with Gasteiger partial charge in [-0.05, 0) is 55.9 Å². The number of anilines is 2. The summed E-state index contributed by atoms with van der Waals surface area (Å²) < 4.78 is 0. The fourth-order valence-corrected chi connectivity index (χ4v) is 2.83. The molecule has 2 atom stereocenters. The molecule has 1 amide bonds. The molecule has 0 unspecified atom stereocenters. The Morgan fingerprint density at radius 3 is 2.37 bits per heavy atom. The summed E-state index contributed by atoms with van der Waals surface area (Å²) in [6.07, 6.45) is 4.97. The highest BCUT2D eigenvalue weighted by Crippen LogP contribution is 2.38. The molecule has 0 aromatic heterocycles. The van der Waals surface area contributed by atoms with Crippen molar-refractivity contribution in [3.63, 3.8) is 0 Å². The van der Waals surface area contributed by atoms with Gasteiger partial charge in [0.2, 0.25) is 5.91 Å². The van der Waals surface area contributed by atoms with E-state index in [1.165, 1.54) is 24.9 Å². The first-order valence-corrected chi connectivity index (χ1v) is 7.40. The third-order valence-corrected chi connectivity index (χ3v) is 4.30. The number of carbonyl (C=O) groups excluding carboxylic acids is 1. The molecule has 2 aliphatic rings. The summed E-state index contributed by atoms with van der Waals surface area (Å²) in [5.74, 6) is 0.979. The summed E-state index contributed by atoms with van der Waals surface area (Å²) in [7, 11) is 0. The maximum absolute atomic E-state index is 11.9. The van der Waals surface area contributed by atoms with Crippen LogP contribution in [0.15, 0.2) is 24.3 Å². The van der Waals surface area contributed by atoms with E-state index < -0.39 is 0 Å². The number of nitrogens with one attached hydrogen (secondary N) is 1. The van der Waals surface area contributed by atoms with Crippen molar-refractivity contribution in [1.82, 2.24) is 0 Å². The van der Waals surface area contributed by atoms with E-state index in [2.05, 4.69) is 29.3 Å². The normalized spacial score (nSPS) is 26.1. The molecule has 0 spiro atoms. The second-order valence-corrected chi connectivity index (χ2v) is 5.90. The third kappa shape index (κ3) is 2.91. The van der Waals surface area contributed by atoms with Gasteiger partial charge in [0.1, 0.15) is 0 Å². The molecule has 1 saturated carbocycles. The molecular formula is C16H22N2O. The van der Waals surface area contributed by atoms with Crippen LogP contribution in [0, 0.1) is 11.8 Å². The molecule has 1 heterocycles. The van der Waals surface area contributed by atoms with E-state index in [0.29, 0.717) is 5.92 Å². The number of benzene rings is 1. The van der Waals surface area contributed by atoms with Gasteiger partial charge in [-0.15, -0.1) is 0 Å². The molecule has 1 aromatic rings. The van der Waals surface area contributed by atoms with Crippen molar-refractivity contribution in [2.24, 2.45) is 11.8 Å². The van der Waals surface area contributed by atoms with Crippen LogP contribution in [0.25, 0.3) is 0 Å². The second kappa shape index (κ2) is 5.24. The molecule has 1 saturated heterocycles. The standard InChI is InChI=1S/C16H22N2O/c1-12-11-15(12)16(19)17-13-5-7-14(8-6-13)18-9-3-2-4-10-18/h5-8,12,15H,2-4,9-11H2,1H3,(H,17,19)/t12-,15+/m0/s1. The number of carbonyl (C=O) groups is 1. The summed E-state index contributed by atoms with van der Waals surface area (Å²) in [5, 5.41) is 3.01. The van der Waals surface area contributed by atoms with E-state index >= 15 is 0 Å². The van der Waals surface area contributed by atoms with Gasteiger partial charge in [-0.25, -0.2) is 0 Å². The lowest BCUT2D eigenvalue weighted by Crippen LogP contribution is -2.29. The Morgan fingerprint density at radius 2 is 1.79 bits per heavy atom. The average molecular weight is 258 g/mol. The Hall–Kier alpha value is -1.51. The highest BCUT2D eigenvalue weighted by molar-refractivity contribution is 5.94. The van der Waals surface area contributed by atoms with Crippen molar-refractivity contribution in [3.8, 4) is 0 Å². The van der Waals surface area contributed by atoms with Gasteiger partial charge in [-0.3, -0.25) is 4.79 Å². The van der Waals surface area contributed by atoms with Crippen LogP contribution in [0.3, 0.4) is 0 Å². The highest BCUT2D eigenvalue weighted by Gasteiger charge is 2.38. The van der Waals surface area contributed by atoms with E-state index in [1.54, 1.807) is 0 Å². The van der Waals surface area contributed by atoms with E-state index in [0.717, 1.165) is 25.2 Å². The van der Waals surface area contributed by atoms with Gasteiger partial charge >= 0.3 is 0 Å².